The molecule has 3 aliphatic rings. The molecule has 0 aromatic carbocycles. The van der Waals surface area contributed by atoms with Crippen LogP contribution in [0.15, 0.2) is 24.5 Å². The van der Waals surface area contributed by atoms with E-state index < -0.39 is 0 Å². The van der Waals surface area contributed by atoms with Crippen molar-refractivity contribution >= 4 is 5.91 Å². The highest BCUT2D eigenvalue weighted by Crippen LogP contribution is 2.36. The molecule has 4 rings (SSSR count). The van der Waals surface area contributed by atoms with E-state index in [1.807, 2.05) is 0 Å². The average Bonchev–Trinajstić information content (AvgIpc) is 3.29. The van der Waals surface area contributed by atoms with Crippen LogP contribution in [-0.2, 0) is 20.8 Å². The van der Waals surface area contributed by atoms with Crippen LogP contribution in [-0.4, -0.2) is 53.4 Å². The van der Waals surface area contributed by atoms with Gasteiger partial charge in [-0.15, -0.1) is 0 Å². The molecule has 1 saturated carbocycles. The quantitative estimate of drug-likeness (QED) is 0.853. The van der Waals surface area contributed by atoms with E-state index >= 15 is 0 Å². The SMILES string of the molecule is O=C([C@H]1CCCO1)N1CCOC2C(Cn3cccc3)CCC21. The number of aromatic nitrogens is 1. The van der Waals surface area contributed by atoms with E-state index in [1.54, 1.807) is 0 Å². The molecule has 3 fully saturated rings. The molecule has 3 unspecified atom stereocenters. The second-order valence-electron chi connectivity index (χ2n) is 6.65. The number of nitrogens with zero attached hydrogens (tertiary/aromatic N) is 2. The second kappa shape index (κ2) is 6.05. The number of carbonyl (C=O) groups excluding carboxylic acids is 1. The van der Waals surface area contributed by atoms with Gasteiger partial charge >= 0.3 is 0 Å². The fraction of sp³-hybridized carbons (Fsp3) is 0.706. The minimum atomic E-state index is -0.206. The Balaban J connectivity index is 1.45. The van der Waals surface area contributed by atoms with Crippen molar-refractivity contribution in [2.75, 3.05) is 19.8 Å². The predicted molar refractivity (Wildman–Crippen MR) is 81.4 cm³/mol. The molecule has 3 heterocycles. The van der Waals surface area contributed by atoms with Crippen LogP contribution in [0.1, 0.15) is 25.7 Å². The first kappa shape index (κ1) is 14.3. The minimum absolute atomic E-state index is 0.182. The summed E-state index contributed by atoms with van der Waals surface area (Å²) in [5, 5.41) is 0. The van der Waals surface area contributed by atoms with Gasteiger partial charge in [-0.3, -0.25) is 4.79 Å². The maximum atomic E-state index is 12.7. The lowest BCUT2D eigenvalue weighted by atomic mass is 10.0. The highest BCUT2D eigenvalue weighted by Gasteiger charge is 2.45. The first-order chi connectivity index (χ1) is 10.8. The molecule has 2 aliphatic heterocycles. The van der Waals surface area contributed by atoms with Crippen molar-refractivity contribution in [3.63, 3.8) is 0 Å². The average molecular weight is 304 g/mol. The van der Waals surface area contributed by atoms with Gasteiger partial charge in [0, 0.05) is 38.0 Å². The molecule has 2 saturated heterocycles. The Morgan fingerprint density at radius 2 is 1.95 bits per heavy atom. The van der Waals surface area contributed by atoms with Crippen molar-refractivity contribution < 1.29 is 14.3 Å². The van der Waals surface area contributed by atoms with Crippen molar-refractivity contribution in [3.05, 3.63) is 24.5 Å². The fourth-order valence-electron chi connectivity index (χ4n) is 4.25. The van der Waals surface area contributed by atoms with Crippen LogP contribution in [0.5, 0.6) is 0 Å². The molecule has 1 aromatic heterocycles. The number of fused-ring (bicyclic) bond motifs is 1. The number of morpholine rings is 1. The molecule has 0 radical (unpaired) electrons. The Kier molecular flexibility index (Phi) is 3.92. The summed E-state index contributed by atoms with van der Waals surface area (Å²) in [6.45, 7) is 3.08. The van der Waals surface area contributed by atoms with Crippen LogP contribution in [0.25, 0.3) is 0 Å². The van der Waals surface area contributed by atoms with E-state index in [2.05, 4.69) is 34.0 Å². The van der Waals surface area contributed by atoms with E-state index in [1.165, 1.54) is 0 Å². The van der Waals surface area contributed by atoms with Crippen LogP contribution < -0.4 is 0 Å². The summed E-state index contributed by atoms with van der Waals surface area (Å²) >= 11 is 0. The van der Waals surface area contributed by atoms with Crippen LogP contribution in [0.3, 0.4) is 0 Å². The molecule has 4 atom stereocenters. The van der Waals surface area contributed by atoms with Crippen molar-refractivity contribution in [1.82, 2.24) is 9.47 Å². The van der Waals surface area contributed by atoms with E-state index in [4.69, 9.17) is 9.47 Å². The molecular weight excluding hydrogens is 280 g/mol. The van der Waals surface area contributed by atoms with Crippen molar-refractivity contribution in [3.8, 4) is 0 Å². The van der Waals surface area contributed by atoms with E-state index in [0.717, 1.165) is 45.4 Å². The monoisotopic (exact) mass is 304 g/mol. The van der Waals surface area contributed by atoms with Gasteiger partial charge in [-0.25, -0.2) is 0 Å². The molecule has 5 heteroatoms. The van der Waals surface area contributed by atoms with Gasteiger partial charge in [0.1, 0.15) is 6.10 Å². The molecule has 1 amide bonds. The third-order valence-corrected chi connectivity index (χ3v) is 5.32. The molecule has 5 nitrogen and oxygen atoms in total. The molecule has 120 valence electrons. The normalized spacial score (nSPS) is 34.8. The fourth-order valence-corrected chi connectivity index (χ4v) is 4.25. The number of carbonyl (C=O) groups is 1. The number of hydrogen-bond acceptors (Lipinski definition) is 3. The Hall–Kier alpha value is -1.33. The largest absolute Gasteiger partial charge is 0.374 e. The number of rotatable bonds is 3. The van der Waals surface area contributed by atoms with Gasteiger partial charge in [-0.05, 0) is 37.8 Å². The van der Waals surface area contributed by atoms with Gasteiger partial charge < -0.3 is 18.9 Å². The zero-order valence-electron chi connectivity index (χ0n) is 12.9. The number of hydrogen-bond donors (Lipinski definition) is 0. The minimum Gasteiger partial charge on any atom is -0.374 e. The van der Waals surface area contributed by atoms with E-state index in [-0.39, 0.29) is 24.2 Å². The lowest BCUT2D eigenvalue weighted by Crippen LogP contribution is -2.55. The van der Waals surface area contributed by atoms with Gasteiger partial charge in [-0.2, -0.15) is 0 Å². The zero-order valence-corrected chi connectivity index (χ0v) is 12.9. The first-order valence-corrected chi connectivity index (χ1v) is 8.47. The highest BCUT2D eigenvalue weighted by molar-refractivity contribution is 5.81. The number of amides is 1. The van der Waals surface area contributed by atoms with Gasteiger partial charge in [0.2, 0.25) is 0 Å². The van der Waals surface area contributed by atoms with Gasteiger partial charge in [0.05, 0.1) is 18.8 Å². The van der Waals surface area contributed by atoms with Crippen molar-refractivity contribution in [2.45, 2.75) is 50.5 Å². The molecular formula is C17H24N2O3. The molecule has 1 aliphatic carbocycles. The standard InChI is InChI=1S/C17H24N2O3/c20-17(15-4-3-10-21-15)19-9-11-22-16-13(5-6-14(16)19)12-18-7-1-2-8-18/h1-2,7-8,13-16H,3-6,9-12H2/t13?,14?,15-,16?/m1/s1. The maximum Gasteiger partial charge on any atom is 0.252 e. The first-order valence-electron chi connectivity index (χ1n) is 8.47. The van der Waals surface area contributed by atoms with Gasteiger partial charge in [0.25, 0.3) is 5.91 Å². The van der Waals surface area contributed by atoms with Gasteiger partial charge in [-0.1, -0.05) is 0 Å². The molecule has 0 spiro atoms. The van der Waals surface area contributed by atoms with Crippen LogP contribution in [0.2, 0.25) is 0 Å². The zero-order chi connectivity index (χ0) is 14.9. The van der Waals surface area contributed by atoms with Crippen molar-refractivity contribution in [1.29, 1.82) is 0 Å². The lowest BCUT2D eigenvalue weighted by molar-refractivity contribution is -0.155. The van der Waals surface area contributed by atoms with E-state index in [0.29, 0.717) is 12.5 Å². The summed E-state index contributed by atoms with van der Waals surface area (Å²) < 4.78 is 13.9. The van der Waals surface area contributed by atoms with Gasteiger partial charge in [0.15, 0.2) is 0 Å². The predicted octanol–water partition coefficient (Wildman–Crippen LogP) is 1.67. The summed E-state index contributed by atoms with van der Waals surface area (Å²) in [5.41, 5.74) is 0. The third kappa shape index (κ3) is 2.57. The summed E-state index contributed by atoms with van der Waals surface area (Å²) in [4.78, 5) is 14.8. The highest BCUT2D eigenvalue weighted by atomic mass is 16.5. The smallest absolute Gasteiger partial charge is 0.252 e. The Bertz CT molecular complexity index is 510. The topological polar surface area (TPSA) is 43.7 Å². The summed E-state index contributed by atoms with van der Waals surface area (Å²) in [5.74, 6) is 0.690. The number of ether oxygens (including phenoxy) is 2. The van der Waals surface area contributed by atoms with Crippen LogP contribution >= 0.6 is 0 Å². The van der Waals surface area contributed by atoms with Crippen molar-refractivity contribution in [2.24, 2.45) is 5.92 Å². The molecule has 0 bridgehead atoms. The molecule has 1 aromatic rings. The second-order valence-corrected chi connectivity index (χ2v) is 6.65. The summed E-state index contributed by atoms with van der Waals surface area (Å²) in [7, 11) is 0. The summed E-state index contributed by atoms with van der Waals surface area (Å²) in [6.07, 6.45) is 8.24. The Morgan fingerprint density at radius 1 is 1.09 bits per heavy atom. The molecule has 22 heavy (non-hydrogen) atoms. The van der Waals surface area contributed by atoms with Crippen LogP contribution in [0, 0.1) is 5.92 Å². The Morgan fingerprint density at radius 3 is 2.73 bits per heavy atom. The Labute approximate surface area is 131 Å². The summed E-state index contributed by atoms with van der Waals surface area (Å²) in [6, 6.07) is 4.36. The maximum absolute atomic E-state index is 12.7. The molecule has 0 N–H and O–H groups in total. The van der Waals surface area contributed by atoms with E-state index in [9.17, 15) is 4.79 Å². The third-order valence-electron chi connectivity index (χ3n) is 5.32. The van der Waals surface area contributed by atoms with Crippen LogP contribution in [0.4, 0.5) is 0 Å². The lowest BCUT2D eigenvalue weighted by Gasteiger charge is -2.40.